The maximum absolute atomic E-state index is 12.8. The fourth-order valence-electron chi connectivity index (χ4n) is 4.83. The van der Waals surface area contributed by atoms with Gasteiger partial charge in [0.25, 0.3) is 0 Å². The number of fused-ring (bicyclic) bond motifs is 1. The summed E-state index contributed by atoms with van der Waals surface area (Å²) < 4.78 is 5.75. The first-order chi connectivity index (χ1) is 15.5. The number of hydrogen-bond acceptors (Lipinski definition) is 5. The first kappa shape index (κ1) is 22.8. The van der Waals surface area contributed by atoms with Crippen LogP contribution in [0.2, 0.25) is 0 Å². The third-order valence-corrected chi connectivity index (χ3v) is 7.40. The Balaban J connectivity index is 1.39. The van der Waals surface area contributed by atoms with Crippen LogP contribution in [0.1, 0.15) is 76.8 Å². The minimum absolute atomic E-state index is 0.0497. The second kappa shape index (κ2) is 10.5. The fraction of sp³-hybridized carbons (Fsp3) is 0.560. The van der Waals surface area contributed by atoms with E-state index in [1.807, 2.05) is 23.6 Å². The van der Waals surface area contributed by atoms with Crippen molar-refractivity contribution in [3.05, 3.63) is 29.1 Å². The summed E-state index contributed by atoms with van der Waals surface area (Å²) >= 11 is 1.45. The highest BCUT2D eigenvalue weighted by Gasteiger charge is 2.27. The predicted molar refractivity (Wildman–Crippen MR) is 128 cm³/mol. The van der Waals surface area contributed by atoms with Gasteiger partial charge in [-0.25, -0.2) is 4.98 Å². The van der Waals surface area contributed by atoms with Crippen LogP contribution in [0.5, 0.6) is 5.75 Å². The predicted octanol–water partition coefficient (Wildman–Crippen LogP) is 5.70. The van der Waals surface area contributed by atoms with Crippen molar-refractivity contribution in [2.75, 3.05) is 11.9 Å². The molecule has 172 valence electrons. The van der Waals surface area contributed by atoms with Crippen LogP contribution in [-0.4, -0.2) is 23.4 Å². The topological polar surface area (TPSA) is 80.3 Å². The van der Waals surface area contributed by atoms with Crippen molar-refractivity contribution in [3.63, 3.8) is 0 Å². The summed E-state index contributed by atoms with van der Waals surface area (Å²) in [6.45, 7) is 4.36. The number of amides is 2. The van der Waals surface area contributed by atoms with Crippen LogP contribution < -0.4 is 15.4 Å². The Labute approximate surface area is 194 Å². The first-order valence-electron chi connectivity index (χ1n) is 11.8. The zero-order valence-corrected chi connectivity index (χ0v) is 19.8. The van der Waals surface area contributed by atoms with E-state index in [1.165, 1.54) is 37.5 Å². The van der Waals surface area contributed by atoms with Gasteiger partial charge in [-0.15, -0.1) is 11.3 Å². The monoisotopic (exact) mass is 455 g/mol. The largest absolute Gasteiger partial charge is 0.493 e. The average Bonchev–Trinajstić information content (AvgIpc) is 3.26. The van der Waals surface area contributed by atoms with Crippen molar-refractivity contribution in [2.24, 2.45) is 11.8 Å². The Kier molecular flexibility index (Phi) is 7.45. The number of unbranched alkanes of at least 4 members (excludes halogenated alkanes) is 1. The first-order valence-corrected chi connectivity index (χ1v) is 12.7. The molecule has 6 nitrogen and oxygen atoms in total. The van der Waals surface area contributed by atoms with Gasteiger partial charge in [0, 0.05) is 35.8 Å². The number of carbonyl (C=O) groups is 2. The Hall–Kier alpha value is -2.41. The molecule has 1 unspecified atom stereocenters. The molecule has 2 aromatic rings. The number of anilines is 1. The van der Waals surface area contributed by atoms with Gasteiger partial charge in [-0.05, 0) is 49.8 Å². The lowest BCUT2D eigenvalue weighted by Crippen LogP contribution is -2.30. The lowest BCUT2D eigenvalue weighted by molar-refractivity contribution is -0.121. The van der Waals surface area contributed by atoms with Gasteiger partial charge < -0.3 is 15.4 Å². The molecule has 1 aliphatic carbocycles. The summed E-state index contributed by atoms with van der Waals surface area (Å²) in [6.07, 6.45) is 8.87. The molecule has 2 amide bonds. The molecule has 4 rings (SSSR count). The van der Waals surface area contributed by atoms with E-state index in [0.717, 1.165) is 60.6 Å². The lowest BCUT2D eigenvalue weighted by Gasteiger charge is -2.27. The lowest BCUT2D eigenvalue weighted by atomic mass is 9.79. The number of rotatable bonds is 7. The summed E-state index contributed by atoms with van der Waals surface area (Å²) in [7, 11) is 0. The molecular weight excluding hydrogens is 422 g/mol. The molecule has 1 fully saturated rings. The maximum Gasteiger partial charge on any atom is 0.229 e. The van der Waals surface area contributed by atoms with Crippen molar-refractivity contribution in [1.82, 2.24) is 10.3 Å². The third kappa shape index (κ3) is 5.49. The van der Waals surface area contributed by atoms with Gasteiger partial charge >= 0.3 is 0 Å². The number of ether oxygens (including phenoxy) is 1. The molecule has 2 heterocycles. The molecule has 7 heteroatoms. The van der Waals surface area contributed by atoms with E-state index in [2.05, 4.69) is 22.5 Å². The van der Waals surface area contributed by atoms with Crippen LogP contribution in [0.3, 0.4) is 0 Å². The number of carbonyl (C=O) groups excluding carboxylic acids is 2. The quantitative estimate of drug-likeness (QED) is 0.561. The van der Waals surface area contributed by atoms with E-state index in [1.54, 1.807) is 0 Å². The van der Waals surface area contributed by atoms with Crippen LogP contribution in [0.25, 0.3) is 11.3 Å². The molecule has 2 aliphatic rings. The molecule has 1 saturated carbocycles. The number of aromatic nitrogens is 1. The highest BCUT2D eigenvalue weighted by molar-refractivity contribution is 7.14. The SMILES string of the molecule is CCCCC1CCC(C(=O)Nc2nc(-c3ccc4c(c3)C(NC(C)=O)CCO4)cs2)CC1. The molecule has 0 spiro atoms. The van der Waals surface area contributed by atoms with E-state index in [4.69, 9.17) is 4.74 Å². The average molecular weight is 456 g/mol. The van der Waals surface area contributed by atoms with Crippen molar-refractivity contribution in [1.29, 1.82) is 0 Å². The Morgan fingerprint density at radius 3 is 2.75 bits per heavy atom. The van der Waals surface area contributed by atoms with Crippen LogP contribution in [0.4, 0.5) is 5.13 Å². The van der Waals surface area contributed by atoms with Gasteiger partial charge in [-0.2, -0.15) is 0 Å². The smallest absolute Gasteiger partial charge is 0.229 e. The number of nitrogens with one attached hydrogen (secondary N) is 2. The van der Waals surface area contributed by atoms with Crippen LogP contribution in [-0.2, 0) is 9.59 Å². The van der Waals surface area contributed by atoms with Crippen molar-refractivity contribution in [2.45, 2.75) is 71.3 Å². The standard InChI is InChI=1S/C25H33N3O3S/c1-3-4-5-17-6-8-18(9-7-17)24(30)28-25-27-22(15-32-25)19-10-11-23-20(14-19)21(12-13-31-23)26-16(2)29/h10-11,14-15,17-18,21H,3-9,12-13H2,1-2H3,(H,26,29)(H,27,28,30). The Morgan fingerprint density at radius 2 is 2.00 bits per heavy atom. The summed E-state index contributed by atoms with van der Waals surface area (Å²) in [5, 5.41) is 8.66. The molecule has 0 bridgehead atoms. The minimum Gasteiger partial charge on any atom is -0.493 e. The number of thiazole rings is 1. The molecule has 2 N–H and O–H groups in total. The van der Waals surface area contributed by atoms with Crippen LogP contribution in [0, 0.1) is 11.8 Å². The summed E-state index contributed by atoms with van der Waals surface area (Å²) in [4.78, 5) is 29.0. The van der Waals surface area contributed by atoms with Gasteiger partial charge in [-0.3, -0.25) is 9.59 Å². The molecular formula is C25H33N3O3S. The van der Waals surface area contributed by atoms with Gasteiger partial charge in [0.1, 0.15) is 5.75 Å². The molecule has 1 atom stereocenters. The number of hydrogen-bond donors (Lipinski definition) is 2. The van der Waals surface area contributed by atoms with Crippen LogP contribution in [0.15, 0.2) is 23.6 Å². The van der Waals surface area contributed by atoms with E-state index in [0.29, 0.717) is 11.7 Å². The summed E-state index contributed by atoms with van der Waals surface area (Å²) in [5.74, 6) is 1.74. The molecule has 0 saturated heterocycles. The van der Waals surface area contributed by atoms with Crippen molar-refractivity contribution >= 4 is 28.3 Å². The second-order valence-corrected chi connectivity index (χ2v) is 9.89. The molecule has 1 aromatic carbocycles. The molecule has 32 heavy (non-hydrogen) atoms. The fourth-order valence-corrected chi connectivity index (χ4v) is 5.55. The van der Waals surface area contributed by atoms with Gasteiger partial charge in [0.05, 0.1) is 18.3 Å². The maximum atomic E-state index is 12.8. The van der Waals surface area contributed by atoms with E-state index >= 15 is 0 Å². The minimum atomic E-state index is -0.0542. The van der Waals surface area contributed by atoms with Gasteiger partial charge in [-0.1, -0.05) is 26.2 Å². The second-order valence-electron chi connectivity index (χ2n) is 9.03. The highest BCUT2D eigenvalue weighted by atomic mass is 32.1. The van der Waals surface area contributed by atoms with Crippen LogP contribution >= 0.6 is 11.3 Å². The van der Waals surface area contributed by atoms with Gasteiger partial charge in [0.15, 0.2) is 5.13 Å². The zero-order chi connectivity index (χ0) is 22.5. The third-order valence-electron chi connectivity index (χ3n) is 6.64. The van der Waals surface area contributed by atoms with Crippen molar-refractivity contribution in [3.8, 4) is 17.0 Å². The molecule has 1 aromatic heterocycles. The number of nitrogens with zero attached hydrogens (tertiary/aromatic N) is 1. The van der Waals surface area contributed by atoms with E-state index in [-0.39, 0.29) is 23.8 Å². The number of benzene rings is 1. The van der Waals surface area contributed by atoms with E-state index < -0.39 is 0 Å². The normalized spacial score (nSPS) is 22.5. The Bertz CT molecular complexity index is 950. The molecule has 0 radical (unpaired) electrons. The van der Waals surface area contributed by atoms with Gasteiger partial charge in [0.2, 0.25) is 11.8 Å². The Morgan fingerprint density at radius 1 is 1.19 bits per heavy atom. The molecule has 1 aliphatic heterocycles. The highest BCUT2D eigenvalue weighted by Crippen LogP contribution is 2.37. The summed E-state index contributed by atoms with van der Waals surface area (Å²) in [6, 6.07) is 5.90. The van der Waals surface area contributed by atoms with Crippen molar-refractivity contribution < 1.29 is 14.3 Å². The van der Waals surface area contributed by atoms with E-state index in [9.17, 15) is 9.59 Å². The zero-order valence-electron chi connectivity index (χ0n) is 19.0. The summed E-state index contributed by atoms with van der Waals surface area (Å²) in [5.41, 5.74) is 2.75.